The van der Waals surface area contributed by atoms with E-state index in [2.05, 4.69) is 20.5 Å². The second-order valence-corrected chi connectivity index (χ2v) is 6.03. The zero-order valence-electron chi connectivity index (χ0n) is 11.7. The SMILES string of the molecule is CC(C)c1[nH]nc(C(=O)Nc2nc3ccccc3s2)c1N. The second kappa shape index (κ2) is 5.17. The van der Waals surface area contributed by atoms with E-state index in [0.717, 1.165) is 15.9 Å². The number of amides is 1. The van der Waals surface area contributed by atoms with Crippen LogP contribution in [0.2, 0.25) is 0 Å². The molecule has 0 unspecified atom stereocenters. The molecule has 0 aliphatic carbocycles. The molecule has 0 aliphatic heterocycles. The molecule has 3 rings (SSSR count). The number of benzene rings is 1. The van der Waals surface area contributed by atoms with Gasteiger partial charge in [-0.25, -0.2) is 4.98 Å². The van der Waals surface area contributed by atoms with Gasteiger partial charge in [0.25, 0.3) is 5.91 Å². The number of thiazole rings is 1. The van der Waals surface area contributed by atoms with Gasteiger partial charge >= 0.3 is 0 Å². The third-order valence-electron chi connectivity index (χ3n) is 3.14. The third-order valence-corrected chi connectivity index (χ3v) is 4.09. The van der Waals surface area contributed by atoms with Gasteiger partial charge in [0.1, 0.15) is 0 Å². The van der Waals surface area contributed by atoms with Gasteiger partial charge in [-0.1, -0.05) is 37.3 Å². The number of nitrogens with zero attached hydrogens (tertiary/aromatic N) is 2. The predicted octanol–water partition coefficient (Wildman–Crippen LogP) is 2.98. The predicted molar refractivity (Wildman–Crippen MR) is 84.7 cm³/mol. The Kier molecular flexibility index (Phi) is 3.34. The Morgan fingerprint density at radius 3 is 2.81 bits per heavy atom. The van der Waals surface area contributed by atoms with Crippen LogP contribution in [0.25, 0.3) is 10.2 Å². The summed E-state index contributed by atoms with van der Waals surface area (Å²) in [6.45, 7) is 3.97. The number of aromatic amines is 1. The van der Waals surface area contributed by atoms with Gasteiger partial charge in [-0.3, -0.25) is 15.2 Å². The van der Waals surface area contributed by atoms with E-state index < -0.39 is 0 Å². The molecule has 7 heteroatoms. The standard InChI is InChI=1S/C14H15N5OS/c1-7(2)11-10(15)12(19-18-11)13(20)17-14-16-8-5-3-4-6-9(8)21-14/h3-7H,15H2,1-2H3,(H,18,19)(H,16,17,20). The van der Waals surface area contributed by atoms with Gasteiger partial charge in [-0.05, 0) is 18.1 Å². The van der Waals surface area contributed by atoms with Crippen molar-refractivity contribution in [2.75, 3.05) is 11.1 Å². The number of aromatic nitrogens is 3. The van der Waals surface area contributed by atoms with Crippen LogP contribution in [0, 0.1) is 0 Å². The molecule has 1 aromatic carbocycles. The molecule has 2 aromatic heterocycles. The minimum Gasteiger partial charge on any atom is -0.395 e. The zero-order valence-corrected chi connectivity index (χ0v) is 12.5. The van der Waals surface area contributed by atoms with E-state index in [0.29, 0.717) is 10.8 Å². The maximum atomic E-state index is 12.2. The largest absolute Gasteiger partial charge is 0.395 e. The molecule has 4 N–H and O–H groups in total. The Bertz CT molecular complexity index is 772. The van der Waals surface area contributed by atoms with E-state index in [9.17, 15) is 4.79 Å². The molecule has 108 valence electrons. The molecule has 1 amide bonds. The van der Waals surface area contributed by atoms with E-state index in [1.165, 1.54) is 11.3 Å². The molecule has 0 aliphatic rings. The van der Waals surface area contributed by atoms with Crippen LogP contribution in [0.5, 0.6) is 0 Å². The highest BCUT2D eigenvalue weighted by Gasteiger charge is 2.19. The topological polar surface area (TPSA) is 96.7 Å². The van der Waals surface area contributed by atoms with Crippen molar-refractivity contribution in [1.29, 1.82) is 0 Å². The maximum Gasteiger partial charge on any atom is 0.280 e. The van der Waals surface area contributed by atoms with Crippen LogP contribution in [-0.2, 0) is 0 Å². The fraction of sp³-hybridized carbons (Fsp3) is 0.214. The molecular formula is C14H15N5OS. The fourth-order valence-corrected chi connectivity index (χ4v) is 2.92. The van der Waals surface area contributed by atoms with E-state index in [-0.39, 0.29) is 17.5 Å². The average molecular weight is 301 g/mol. The number of para-hydroxylation sites is 1. The number of nitrogen functional groups attached to an aromatic ring is 1. The summed E-state index contributed by atoms with van der Waals surface area (Å²) in [5, 5.41) is 10.1. The summed E-state index contributed by atoms with van der Waals surface area (Å²) in [4.78, 5) is 16.6. The van der Waals surface area contributed by atoms with Gasteiger partial charge in [0.15, 0.2) is 10.8 Å². The fourth-order valence-electron chi connectivity index (χ4n) is 2.06. The Hall–Kier alpha value is -2.41. The normalized spacial score (nSPS) is 11.2. The molecule has 0 saturated carbocycles. The van der Waals surface area contributed by atoms with Gasteiger partial charge < -0.3 is 5.73 Å². The molecule has 0 bridgehead atoms. The minimum atomic E-state index is -0.352. The highest BCUT2D eigenvalue weighted by Crippen LogP contribution is 2.27. The summed E-state index contributed by atoms with van der Waals surface area (Å²) in [6.07, 6.45) is 0. The second-order valence-electron chi connectivity index (χ2n) is 5.00. The summed E-state index contributed by atoms with van der Waals surface area (Å²) in [5.41, 5.74) is 8.19. The smallest absolute Gasteiger partial charge is 0.280 e. The lowest BCUT2D eigenvalue weighted by atomic mass is 10.1. The van der Waals surface area contributed by atoms with Crippen molar-refractivity contribution in [3.63, 3.8) is 0 Å². The lowest BCUT2D eigenvalue weighted by molar-refractivity contribution is 0.102. The number of carbonyl (C=O) groups excluding carboxylic acids is 1. The van der Waals surface area contributed by atoms with Crippen LogP contribution in [-0.4, -0.2) is 21.1 Å². The van der Waals surface area contributed by atoms with Gasteiger partial charge in [-0.15, -0.1) is 0 Å². The van der Waals surface area contributed by atoms with Crippen LogP contribution in [0.4, 0.5) is 10.8 Å². The molecule has 21 heavy (non-hydrogen) atoms. The highest BCUT2D eigenvalue weighted by atomic mass is 32.1. The van der Waals surface area contributed by atoms with Gasteiger partial charge in [0, 0.05) is 0 Å². The first-order valence-corrected chi connectivity index (χ1v) is 7.38. The summed E-state index contributed by atoms with van der Waals surface area (Å²) in [5.74, 6) is -0.170. The van der Waals surface area contributed by atoms with E-state index in [1.54, 1.807) is 0 Å². The van der Waals surface area contributed by atoms with Crippen molar-refractivity contribution >= 4 is 38.3 Å². The van der Waals surface area contributed by atoms with Gasteiger partial charge in [0.05, 0.1) is 21.6 Å². The van der Waals surface area contributed by atoms with Crippen LogP contribution in [0.15, 0.2) is 24.3 Å². The van der Waals surface area contributed by atoms with Crippen LogP contribution in [0.1, 0.15) is 35.9 Å². The number of hydrogen-bond acceptors (Lipinski definition) is 5. The quantitative estimate of drug-likeness (QED) is 0.693. The van der Waals surface area contributed by atoms with Gasteiger partial charge in [0.2, 0.25) is 0 Å². The van der Waals surface area contributed by atoms with Gasteiger partial charge in [-0.2, -0.15) is 5.10 Å². The lowest BCUT2D eigenvalue weighted by Gasteiger charge is -2.02. The monoisotopic (exact) mass is 301 g/mol. The first-order valence-electron chi connectivity index (χ1n) is 6.57. The Morgan fingerprint density at radius 1 is 1.38 bits per heavy atom. The lowest BCUT2D eigenvalue weighted by Crippen LogP contribution is -2.14. The highest BCUT2D eigenvalue weighted by molar-refractivity contribution is 7.22. The molecule has 6 nitrogen and oxygen atoms in total. The Balaban J connectivity index is 1.86. The number of nitrogens with one attached hydrogen (secondary N) is 2. The molecule has 0 spiro atoms. The number of carbonyl (C=O) groups is 1. The summed E-state index contributed by atoms with van der Waals surface area (Å²) in [6, 6.07) is 7.71. The van der Waals surface area contributed by atoms with Crippen molar-refractivity contribution in [1.82, 2.24) is 15.2 Å². The van der Waals surface area contributed by atoms with Crippen LogP contribution < -0.4 is 11.1 Å². The molecule has 0 atom stereocenters. The molecule has 0 radical (unpaired) electrons. The van der Waals surface area contributed by atoms with Crippen LogP contribution in [0.3, 0.4) is 0 Å². The molecule has 2 heterocycles. The Morgan fingerprint density at radius 2 is 2.14 bits per heavy atom. The van der Waals surface area contributed by atoms with Crippen molar-refractivity contribution < 1.29 is 4.79 Å². The van der Waals surface area contributed by atoms with Crippen molar-refractivity contribution in [3.05, 3.63) is 35.7 Å². The molecule has 0 saturated heterocycles. The number of nitrogens with two attached hydrogens (primary N) is 1. The molecule has 0 fully saturated rings. The first kappa shape index (κ1) is 13.6. The van der Waals surface area contributed by atoms with Crippen molar-refractivity contribution in [2.24, 2.45) is 0 Å². The van der Waals surface area contributed by atoms with E-state index in [1.807, 2.05) is 38.1 Å². The summed E-state index contributed by atoms with van der Waals surface area (Å²) in [7, 11) is 0. The minimum absolute atomic E-state index is 0.182. The number of fused-ring (bicyclic) bond motifs is 1. The van der Waals surface area contributed by atoms with E-state index in [4.69, 9.17) is 5.73 Å². The number of H-pyrrole nitrogens is 1. The van der Waals surface area contributed by atoms with Crippen molar-refractivity contribution in [2.45, 2.75) is 19.8 Å². The van der Waals surface area contributed by atoms with E-state index >= 15 is 0 Å². The number of anilines is 2. The third kappa shape index (κ3) is 2.47. The van der Waals surface area contributed by atoms with Crippen LogP contribution >= 0.6 is 11.3 Å². The molecular weight excluding hydrogens is 286 g/mol. The average Bonchev–Trinajstić information content (AvgIpc) is 3.01. The Labute approximate surface area is 125 Å². The summed E-state index contributed by atoms with van der Waals surface area (Å²) < 4.78 is 1.02. The first-order chi connectivity index (χ1) is 10.1. The molecule has 3 aromatic rings. The van der Waals surface area contributed by atoms with Crippen molar-refractivity contribution in [3.8, 4) is 0 Å². The summed E-state index contributed by atoms with van der Waals surface area (Å²) >= 11 is 1.42. The number of hydrogen-bond donors (Lipinski definition) is 3. The zero-order chi connectivity index (χ0) is 15.0. The number of rotatable bonds is 3. The maximum absolute atomic E-state index is 12.2.